The molecule has 94 valence electrons. The highest BCUT2D eigenvalue weighted by atomic mass is 79.9. The molecule has 0 aliphatic rings. The summed E-state index contributed by atoms with van der Waals surface area (Å²) in [5.74, 6) is -0.975. The van der Waals surface area contributed by atoms with Gasteiger partial charge in [0.1, 0.15) is 5.82 Å². The Morgan fingerprint density at radius 1 is 1.65 bits per heavy atom. The van der Waals surface area contributed by atoms with Crippen LogP contribution in [0, 0.1) is 5.82 Å². The Morgan fingerprint density at radius 2 is 2.35 bits per heavy atom. The molecule has 1 amide bonds. The Hall–Kier alpha value is -0.980. The number of ether oxygens (including phenoxy) is 1. The van der Waals surface area contributed by atoms with E-state index in [-0.39, 0.29) is 23.2 Å². The fraction of sp³-hybridized carbons (Fsp3) is 0.364. The molecule has 0 aliphatic heterocycles. The second-order valence-corrected chi connectivity index (χ2v) is 4.20. The fourth-order valence-electron chi connectivity index (χ4n) is 1.28. The molecule has 17 heavy (non-hydrogen) atoms. The van der Waals surface area contributed by atoms with E-state index in [9.17, 15) is 9.18 Å². The van der Waals surface area contributed by atoms with E-state index in [0.717, 1.165) is 0 Å². The second-order valence-electron chi connectivity index (χ2n) is 3.41. The first-order valence-corrected chi connectivity index (χ1v) is 5.74. The molecular formula is C11H13BrFNO3. The summed E-state index contributed by atoms with van der Waals surface area (Å²) in [7, 11) is 1.47. The highest BCUT2D eigenvalue weighted by molar-refractivity contribution is 9.10. The smallest absolute Gasteiger partial charge is 0.252 e. The summed E-state index contributed by atoms with van der Waals surface area (Å²) in [6.07, 6.45) is 0. The number of hydrogen-bond acceptors (Lipinski definition) is 3. The minimum Gasteiger partial charge on any atom is -0.394 e. The van der Waals surface area contributed by atoms with Crippen LogP contribution in [0.25, 0.3) is 0 Å². The van der Waals surface area contributed by atoms with Gasteiger partial charge in [0.05, 0.1) is 29.3 Å². The number of methoxy groups -OCH3 is 1. The number of nitrogens with one attached hydrogen (secondary N) is 1. The molecule has 2 N–H and O–H groups in total. The lowest BCUT2D eigenvalue weighted by molar-refractivity contribution is 0.0838. The third kappa shape index (κ3) is 3.76. The summed E-state index contributed by atoms with van der Waals surface area (Å²) in [6.45, 7) is -0.0539. The monoisotopic (exact) mass is 305 g/mol. The Labute approximate surface area is 107 Å². The Morgan fingerprint density at radius 3 is 2.94 bits per heavy atom. The van der Waals surface area contributed by atoms with Crippen LogP contribution in [0.5, 0.6) is 0 Å². The standard InChI is InChI=1S/C11H13BrFNO3/c1-17-6-7(5-15)14-11(16)8-3-2-4-9(13)10(8)12/h2-4,7,15H,5-6H2,1H3,(H,14,16). The first kappa shape index (κ1) is 14.1. The lowest BCUT2D eigenvalue weighted by Gasteiger charge is -2.15. The first-order valence-electron chi connectivity index (χ1n) is 4.94. The Balaban J connectivity index is 2.79. The van der Waals surface area contributed by atoms with E-state index in [2.05, 4.69) is 21.2 Å². The molecule has 0 spiro atoms. The van der Waals surface area contributed by atoms with E-state index in [1.54, 1.807) is 0 Å². The van der Waals surface area contributed by atoms with E-state index in [1.807, 2.05) is 0 Å². The van der Waals surface area contributed by atoms with Crippen LogP contribution in [0.3, 0.4) is 0 Å². The zero-order chi connectivity index (χ0) is 12.8. The van der Waals surface area contributed by atoms with Crippen molar-refractivity contribution in [3.05, 3.63) is 34.1 Å². The SMILES string of the molecule is COCC(CO)NC(=O)c1cccc(F)c1Br. The summed E-state index contributed by atoms with van der Waals surface area (Å²) in [5, 5.41) is 11.5. The molecule has 1 aromatic rings. The quantitative estimate of drug-likeness (QED) is 0.863. The van der Waals surface area contributed by atoms with E-state index in [4.69, 9.17) is 9.84 Å². The maximum atomic E-state index is 13.2. The van der Waals surface area contributed by atoms with Crippen molar-refractivity contribution >= 4 is 21.8 Å². The maximum absolute atomic E-state index is 13.2. The minimum absolute atomic E-state index is 0.103. The van der Waals surface area contributed by atoms with Gasteiger partial charge in [0.25, 0.3) is 5.91 Å². The number of aliphatic hydroxyl groups is 1. The van der Waals surface area contributed by atoms with Crippen LogP contribution in [0.2, 0.25) is 0 Å². The summed E-state index contributed by atoms with van der Waals surface area (Å²) in [4.78, 5) is 11.8. The van der Waals surface area contributed by atoms with Gasteiger partial charge in [0.2, 0.25) is 0 Å². The Kier molecular flexibility index (Phi) is 5.54. The van der Waals surface area contributed by atoms with Crippen molar-refractivity contribution in [2.75, 3.05) is 20.3 Å². The number of halogens is 2. The predicted octanol–water partition coefficient (Wildman–Crippen LogP) is 1.33. The van der Waals surface area contributed by atoms with Crippen molar-refractivity contribution in [2.24, 2.45) is 0 Å². The molecule has 6 heteroatoms. The van der Waals surface area contributed by atoms with E-state index < -0.39 is 17.8 Å². The van der Waals surface area contributed by atoms with E-state index in [0.29, 0.717) is 0 Å². The summed E-state index contributed by atoms with van der Waals surface area (Å²) in [5.41, 5.74) is 0.180. The molecule has 1 rings (SSSR count). The highest BCUT2D eigenvalue weighted by Gasteiger charge is 2.16. The normalized spacial score (nSPS) is 12.2. The van der Waals surface area contributed by atoms with Gasteiger partial charge >= 0.3 is 0 Å². The van der Waals surface area contributed by atoms with Gasteiger partial charge in [-0.3, -0.25) is 4.79 Å². The van der Waals surface area contributed by atoms with Crippen molar-refractivity contribution in [3.8, 4) is 0 Å². The van der Waals surface area contributed by atoms with Crippen molar-refractivity contribution in [1.82, 2.24) is 5.32 Å². The van der Waals surface area contributed by atoms with E-state index in [1.165, 1.54) is 25.3 Å². The van der Waals surface area contributed by atoms with E-state index >= 15 is 0 Å². The summed E-state index contributed by atoms with van der Waals surface area (Å²) < 4.78 is 18.1. The van der Waals surface area contributed by atoms with Crippen LogP contribution in [0.15, 0.2) is 22.7 Å². The van der Waals surface area contributed by atoms with Gasteiger partial charge in [-0.1, -0.05) is 6.07 Å². The van der Waals surface area contributed by atoms with Gasteiger partial charge < -0.3 is 15.2 Å². The van der Waals surface area contributed by atoms with Crippen molar-refractivity contribution < 1.29 is 19.0 Å². The van der Waals surface area contributed by atoms with Crippen LogP contribution in [-0.4, -0.2) is 37.4 Å². The van der Waals surface area contributed by atoms with Crippen molar-refractivity contribution in [2.45, 2.75) is 6.04 Å². The molecule has 1 atom stereocenters. The van der Waals surface area contributed by atoms with Gasteiger partial charge in [-0.25, -0.2) is 4.39 Å². The zero-order valence-electron chi connectivity index (χ0n) is 9.24. The Bertz CT molecular complexity index is 400. The zero-order valence-corrected chi connectivity index (χ0v) is 10.8. The second kappa shape index (κ2) is 6.68. The number of benzene rings is 1. The lowest BCUT2D eigenvalue weighted by Crippen LogP contribution is -2.40. The van der Waals surface area contributed by atoms with Gasteiger partial charge in [0, 0.05) is 7.11 Å². The van der Waals surface area contributed by atoms with Crippen LogP contribution in [0.4, 0.5) is 4.39 Å². The van der Waals surface area contributed by atoms with Crippen LogP contribution in [0.1, 0.15) is 10.4 Å². The minimum atomic E-state index is -0.511. The van der Waals surface area contributed by atoms with Gasteiger partial charge in [-0.15, -0.1) is 0 Å². The number of rotatable bonds is 5. The van der Waals surface area contributed by atoms with Gasteiger partial charge in [-0.05, 0) is 28.1 Å². The largest absolute Gasteiger partial charge is 0.394 e. The average molecular weight is 306 g/mol. The topological polar surface area (TPSA) is 58.6 Å². The molecular weight excluding hydrogens is 293 g/mol. The molecule has 1 unspecified atom stereocenters. The number of hydrogen-bond donors (Lipinski definition) is 2. The number of carbonyl (C=O) groups is 1. The third-order valence-corrected chi connectivity index (χ3v) is 2.93. The molecule has 0 heterocycles. The number of amides is 1. The molecule has 4 nitrogen and oxygen atoms in total. The predicted molar refractivity (Wildman–Crippen MR) is 64.3 cm³/mol. The molecule has 0 radical (unpaired) electrons. The number of aliphatic hydroxyl groups excluding tert-OH is 1. The molecule has 0 fully saturated rings. The molecule has 0 saturated carbocycles. The van der Waals surface area contributed by atoms with Crippen molar-refractivity contribution in [1.29, 1.82) is 0 Å². The lowest BCUT2D eigenvalue weighted by atomic mass is 10.2. The average Bonchev–Trinajstić information content (AvgIpc) is 2.31. The van der Waals surface area contributed by atoms with Crippen LogP contribution >= 0.6 is 15.9 Å². The molecule has 1 aromatic carbocycles. The van der Waals surface area contributed by atoms with Crippen molar-refractivity contribution in [3.63, 3.8) is 0 Å². The molecule has 0 aliphatic carbocycles. The number of carbonyl (C=O) groups excluding carboxylic acids is 1. The summed E-state index contributed by atoms with van der Waals surface area (Å²) >= 11 is 3.00. The maximum Gasteiger partial charge on any atom is 0.252 e. The fourth-order valence-corrected chi connectivity index (χ4v) is 1.73. The van der Waals surface area contributed by atoms with Crippen LogP contribution < -0.4 is 5.32 Å². The third-order valence-electron chi connectivity index (χ3n) is 2.12. The molecule has 0 aromatic heterocycles. The van der Waals surface area contributed by atoms with Crippen LogP contribution in [-0.2, 0) is 4.74 Å². The first-order chi connectivity index (χ1) is 8.10. The molecule has 0 bridgehead atoms. The highest BCUT2D eigenvalue weighted by Crippen LogP contribution is 2.20. The van der Waals surface area contributed by atoms with Gasteiger partial charge in [0.15, 0.2) is 0 Å². The molecule has 0 saturated heterocycles. The summed E-state index contributed by atoms with van der Waals surface area (Å²) in [6, 6.07) is 3.67. The van der Waals surface area contributed by atoms with Gasteiger partial charge in [-0.2, -0.15) is 0 Å².